The van der Waals surface area contributed by atoms with E-state index in [0.717, 1.165) is 30.2 Å². The van der Waals surface area contributed by atoms with Gasteiger partial charge in [0.05, 0.1) is 11.9 Å². The van der Waals surface area contributed by atoms with Gasteiger partial charge in [-0.1, -0.05) is 13.0 Å². The second-order valence-corrected chi connectivity index (χ2v) is 8.22. The predicted molar refractivity (Wildman–Crippen MR) is 102 cm³/mol. The summed E-state index contributed by atoms with van der Waals surface area (Å²) < 4.78 is 25.6. The lowest BCUT2D eigenvalue weighted by Crippen LogP contribution is -2.51. The molecule has 0 aliphatic carbocycles. The van der Waals surface area contributed by atoms with Crippen LogP contribution in [0.15, 0.2) is 24.3 Å². The molecule has 0 unspecified atom stereocenters. The van der Waals surface area contributed by atoms with Gasteiger partial charge in [0.1, 0.15) is 6.54 Å². The lowest BCUT2D eigenvalue weighted by molar-refractivity contribution is -0.131. The number of likely N-dealkylation sites (N-methyl/N-ethyl adjacent to an activating group) is 1. The summed E-state index contributed by atoms with van der Waals surface area (Å²) in [6, 6.07) is 6.46. The fraction of sp³-hybridized carbons (Fsp3) is 0.529. The standard InChI is InChI=1S/C17H26N4O4S/c1-4-19-8-10-20(11-9-19)17(23)13-21(26(3,24)25)16-7-5-6-15(12-16)18-14(2)22/h5-7,12H,4,8-11,13H2,1-3H3,(H,18,22). The number of nitrogens with zero attached hydrogens (tertiary/aromatic N) is 3. The molecule has 9 heteroatoms. The first-order chi connectivity index (χ1) is 12.2. The van der Waals surface area contributed by atoms with Crippen molar-refractivity contribution in [2.45, 2.75) is 13.8 Å². The highest BCUT2D eigenvalue weighted by Crippen LogP contribution is 2.22. The number of sulfonamides is 1. The van der Waals surface area contributed by atoms with Gasteiger partial charge in [0.15, 0.2) is 0 Å². The van der Waals surface area contributed by atoms with Crippen LogP contribution in [0, 0.1) is 0 Å². The minimum absolute atomic E-state index is 0.226. The van der Waals surface area contributed by atoms with Crippen LogP contribution in [-0.4, -0.2) is 75.6 Å². The molecule has 0 bridgehead atoms. The minimum atomic E-state index is -3.65. The number of hydrogen-bond acceptors (Lipinski definition) is 5. The van der Waals surface area contributed by atoms with E-state index in [0.29, 0.717) is 24.5 Å². The maximum absolute atomic E-state index is 12.6. The highest BCUT2D eigenvalue weighted by atomic mass is 32.2. The molecule has 1 aromatic rings. The minimum Gasteiger partial charge on any atom is -0.339 e. The molecular weight excluding hydrogens is 356 g/mol. The van der Waals surface area contributed by atoms with Gasteiger partial charge in [-0.3, -0.25) is 13.9 Å². The lowest BCUT2D eigenvalue weighted by Gasteiger charge is -2.35. The van der Waals surface area contributed by atoms with E-state index in [1.807, 2.05) is 0 Å². The number of rotatable bonds is 6. The fourth-order valence-electron chi connectivity index (χ4n) is 2.88. The van der Waals surface area contributed by atoms with E-state index in [1.165, 1.54) is 6.92 Å². The summed E-state index contributed by atoms with van der Waals surface area (Å²) in [7, 11) is -3.65. The van der Waals surface area contributed by atoms with Gasteiger partial charge in [0.25, 0.3) is 0 Å². The van der Waals surface area contributed by atoms with Crippen molar-refractivity contribution in [1.82, 2.24) is 9.80 Å². The van der Waals surface area contributed by atoms with Gasteiger partial charge in [0, 0.05) is 38.8 Å². The first-order valence-electron chi connectivity index (χ1n) is 8.56. The van der Waals surface area contributed by atoms with Gasteiger partial charge in [0.2, 0.25) is 21.8 Å². The molecule has 0 spiro atoms. The second-order valence-electron chi connectivity index (χ2n) is 6.32. The van der Waals surface area contributed by atoms with E-state index >= 15 is 0 Å². The van der Waals surface area contributed by atoms with Crippen LogP contribution in [0.2, 0.25) is 0 Å². The average molecular weight is 382 g/mol. The Morgan fingerprint density at radius 1 is 1.19 bits per heavy atom. The summed E-state index contributed by atoms with van der Waals surface area (Å²) >= 11 is 0. The SMILES string of the molecule is CCN1CCN(C(=O)CN(c2cccc(NC(C)=O)c2)S(C)(=O)=O)CC1. The van der Waals surface area contributed by atoms with E-state index in [4.69, 9.17) is 0 Å². The first kappa shape index (κ1) is 20.2. The molecular formula is C17H26N4O4S. The first-order valence-corrected chi connectivity index (χ1v) is 10.4. The Morgan fingerprint density at radius 3 is 2.38 bits per heavy atom. The Morgan fingerprint density at radius 2 is 1.85 bits per heavy atom. The topological polar surface area (TPSA) is 90.0 Å². The Bertz CT molecular complexity index is 758. The summed E-state index contributed by atoms with van der Waals surface area (Å²) in [5.41, 5.74) is 0.826. The Hall–Kier alpha value is -2.13. The molecule has 0 saturated carbocycles. The van der Waals surface area contributed by atoms with Gasteiger partial charge in [-0.05, 0) is 24.7 Å². The summed E-state index contributed by atoms with van der Waals surface area (Å²) in [4.78, 5) is 27.8. The molecule has 0 atom stereocenters. The lowest BCUT2D eigenvalue weighted by atomic mass is 10.2. The monoisotopic (exact) mass is 382 g/mol. The highest BCUT2D eigenvalue weighted by molar-refractivity contribution is 7.92. The quantitative estimate of drug-likeness (QED) is 0.777. The van der Waals surface area contributed by atoms with E-state index < -0.39 is 10.0 Å². The number of amides is 2. The smallest absolute Gasteiger partial charge is 0.243 e. The van der Waals surface area contributed by atoms with E-state index in [-0.39, 0.29) is 18.4 Å². The van der Waals surface area contributed by atoms with Gasteiger partial charge in [-0.2, -0.15) is 0 Å². The van der Waals surface area contributed by atoms with Crippen molar-refractivity contribution in [2.24, 2.45) is 0 Å². The summed E-state index contributed by atoms with van der Waals surface area (Å²) in [5, 5.41) is 2.62. The molecule has 1 aliphatic rings. The Balaban J connectivity index is 2.16. The third kappa shape index (κ3) is 5.43. The number of piperazine rings is 1. The van der Waals surface area contributed by atoms with Crippen molar-refractivity contribution in [2.75, 3.05) is 55.1 Å². The van der Waals surface area contributed by atoms with Crippen LogP contribution in [0.3, 0.4) is 0 Å². The number of carbonyl (C=O) groups is 2. The highest BCUT2D eigenvalue weighted by Gasteiger charge is 2.26. The molecule has 2 rings (SSSR count). The zero-order valence-electron chi connectivity index (χ0n) is 15.4. The average Bonchev–Trinajstić information content (AvgIpc) is 2.58. The van der Waals surface area contributed by atoms with Crippen molar-refractivity contribution in [1.29, 1.82) is 0 Å². The maximum Gasteiger partial charge on any atom is 0.243 e. The number of hydrogen-bond donors (Lipinski definition) is 1. The molecule has 8 nitrogen and oxygen atoms in total. The summed E-state index contributed by atoms with van der Waals surface area (Å²) in [5.74, 6) is -0.478. The van der Waals surface area contributed by atoms with Crippen LogP contribution < -0.4 is 9.62 Å². The van der Waals surface area contributed by atoms with Gasteiger partial charge < -0.3 is 15.1 Å². The summed E-state index contributed by atoms with van der Waals surface area (Å²) in [6.45, 7) is 6.90. The maximum atomic E-state index is 12.6. The van der Waals surface area contributed by atoms with Crippen molar-refractivity contribution in [3.8, 4) is 0 Å². The van der Waals surface area contributed by atoms with Gasteiger partial charge in [-0.15, -0.1) is 0 Å². The van der Waals surface area contributed by atoms with E-state index in [2.05, 4.69) is 17.1 Å². The van der Waals surface area contributed by atoms with Gasteiger partial charge in [-0.25, -0.2) is 8.42 Å². The predicted octanol–water partition coefficient (Wildman–Crippen LogP) is 0.575. The number of carbonyl (C=O) groups excluding carboxylic acids is 2. The van der Waals surface area contributed by atoms with Crippen molar-refractivity contribution in [3.63, 3.8) is 0 Å². The summed E-state index contributed by atoms with van der Waals surface area (Å²) in [6.07, 6.45) is 1.07. The molecule has 1 aliphatic heterocycles. The molecule has 0 radical (unpaired) electrons. The van der Waals surface area contributed by atoms with Crippen molar-refractivity contribution >= 4 is 33.2 Å². The molecule has 1 N–H and O–H groups in total. The van der Waals surface area contributed by atoms with Gasteiger partial charge >= 0.3 is 0 Å². The van der Waals surface area contributed by atoms with Crippen molar-refractivity contribution in [3.05, 3.63) is 24.3 Å². The van der Waals surface area contributed by atoms with Crippen LogP contribution in [0.25, 0.3) is 0 Å². The molecule has 1 fully saturated rings. The molecule has 0 aromatic heterocycles. The number of benzene rings is 1. The molecule has 1 aromatic carbocycles. The van der Waals surface area contributed by atoms with Crippen LogP contribution in [-0.2, 0) is 19.6 Å². The zero-order chi connectivity index (χ0) is 19.3. The van der Waals surface area contributed by atoms with Crippen LogP contribution in [0.4, 0.5) is 11.4 Å². The van der Waals surface area contributed by atoms with Crippen LogP contribution in [0.1, 0.15) is 13.8 Å². The van der Waals surface area contributed by atoms with Crippen LogP contribution in [0.5, 0.6) is 0 Å². The normalized spacial score (nSPS) is 15.6. The fourth-order valence-corrected chi connectivity index (χ4v) is 3.72. The Kier molecular flexibility index (Phi) is 6.60. The molecule has 2 amide bonds. The Labute approximate surface area is 154 Å². The molecule has 26 heavy (non-hydrogen) atoms. The van der Waals surface area contributed by atoms with E-state index in [9.17, 15) is 18.0 Å². The molecule has 144 valence electrons. The number of nitrogens with one attached hydrogen (secondary N) is 1. The third-order valence-electron chi connectivity index (χ3n) is 4.31. The molecule has 1 saturated heterocycles. The number of anilines is 2. The van der Waals surface area contributed by atoms with Crippen molar-refractivity contribution < 1.29 is 18.0 Å². The largest absolute Gasteiger partial charge is 0.339 e. The second kappa shape index (κ2) is 8.50. The zero-order valence-corrected chi connectivity index (χ0v) is 16.3. The third-order valence-corrected chi connectivity index (χ3v) is 5.45. The van der Waals surface area contributed by atoms with Crippen LogP contribution >= 0.6 is 0 Å². The van der Waals surface area contributed by atoms with E-state index in [1.54, 1.807) is 29.2 Å². The molecule has 1 heterocycles.